The third-order valence-electron chi connectivity index (χ3n) is 4.16. The van der Waals surface area contributed by atoms with Crippen LogP contribution >= 0.6 is 0 Å². The van der Waals surface area contributed by atoms with E-state index < -0.39 is 35.3 Å². The van der Waals surface area contributed by atoms with E-state index in [1.54, 1.807) is 36.4 Å². The molecule has 0 aliphatic heterocycles. The lowest BCUT2D eigenvalue weighted by molar-refractivity contribution is 0.415. The molecule has 0 saturated heterocycles. The molecule has 0 fully saturated rings. The molecule has 0 aliphatic carbocycles. The van der Waals surface area contributed by atoms with Crippen molar-refractivity contribution in [1.82, 2.24) is 0 Å². The number of hydrogen-bond acceptors (Lipinski definition) is 8. The molecular formula is C20H18O8S2. The van der Waals surface area contributed by atoms with Gasteiger partial charge in [-0.05, 0) is 42.0 Å². The molecular weight excluding hydrogens is 432 g/mol. The number of benzene rings is 2. The van der Waals surface area contributed by atoms with Gasteiger partial charge in [-0.2, -0.15) is 0 Å². The molecule has 0 saturated carbocycles. The minimum Gasteiger partial charge on any atom is -0.497 e. The molecule has 3 rings (SSSR count). The predicted molar refractivity (Wildman–Crippen MR) is 112 cm³/mol. The maximum atomic E-state index is 12.7. The van der Waals surface area contributed by atoms with Crippen LogP contribution in [0.5, 0.6) is 11.5 Å². The van der Waals surface area contributed by atoms with Crippen LogP contribution in [0.1, 0.15) is 5.56 Å². The van der Waals surface area contributed by atoms with E-state index in [1.807, 2.05) is 0 Å². The monoisotopic (exact) mass is 450 g/mol. The van der Waals surface area contributed by atoms with Crippen molar-refractivity contribution in [3.63, 3.8) is 0 Å². The van der Waals surface area contributed by atoms with Gasteiger partial charge in [0.05, 0.1) is 19.6 Å². The minimum atomic E-state index is -4.50. The number of fused-ring (bicyclic) bond motifs is 1. The molecule has 8 nitrogen and oxygen atoms in total. The van der Waals surface area contributed by atoms with Crippen LogP contribution in [0.2, 0.25) is 0 Å². The highest BCUT2D eigenvalue weighted by atomic mass is 32.3. The Labute approximate surface area is 173 Å². The largest absolute Gasteiger partial charge is 0.497 e. The van der Waals surface area contributed by atoms with Crippen LogP contribution in [-0.4, -0.2) is 36.1 Å². The van der Waals surface area contributed by atoms with Crippen molar-refractivity contribution >= 4 is 36.7 Å². The first-order chi connectivity index (χ1) is 14.1. The second-order valence-electron chi connectivity index (χ2n) is 6.24. The van der Waals surface area contributed by atoms with Gasteiger partial charge in [0.2, 0.25) is 0 Å². The zero-order chi connectivity index (χ0) is 21.9. The summed E-state index contributed by atoms with van der Waals surface area (Å²) in [6.45, 7) is 0. The van der Waals surface area contributed by atoms with E-state index in [1.165, 1.54) is 26.4 Å². The standard InChI is InChI=1S/C20H18O8S2/c1-26-15-8-6-14(7-9-15)10-11-29(22,23)13-30(24,25)19-12-16-17(27-2)4-3-5-18(16)28-20(19)21/h3-12H,13H2,1-2H3/b11-10+. The van der Waals surface area contributed by atoms with Gasteiger partial charge in [-0.15, -0.1) is 0 Å². The molecule has 0 unspecified atom stereocenters. The fourth-order valence-electron chi connectivity index (χ4n) is 2.71. The molecule has 1 heterocycles. The first-order valence-corrected chi connectivity index (χ1v) is 11.9. The van der Waals surface area contributed by atoms with Crippen LogP contribution in [0, 0.1) is 0 Å². The Morgan fingerprint density at radius 3 is 2.30 bits per heavy atom. The van der Waals surface area contributed by atoms with Crippen molar-refractivity contribution in [1.29, 1.82) is 0 Å². The first-order valence-electron chi connectivity index (χ1n) is 8.54. The van der Waals surface area contributed by atoms with Gasteiger partial charge in [0, 0.05) is 5.41 Å². The number of ether oxygens (including phenoxy) is 2. The highest BCUT2D eigenvalue weighted by molar-refractivity contribution is 8.09. The molecule has 0 amide bonds. The van der Waals surface area contributed by atoms with Crippen LogP contribution in [0.4, 0.5) is 0 Å². The fraction of sp³-hybridized carbons (Fsp3) is 0.150. The van der Waals surface area contributed by atoms with E-state index in [4.69, 9.17) is 13.9 Å². The van der Waals surface area contributed by atoms with Crippen LogP contribution in [-0.2, 0) is 19.7 Å². The lowest BCUT2D eigenvalue weighted by Gasteiger charge is -2.07. The fourth-order valence-corrected chi connectivity index (χ4v) is 6.22. The molecule has 1 aromatic heterocycles. The summed E-state index contributed by atoms with van der Waals surface area (Å²) in [6, 6.07) is 12.2. The Balaban J connectivity index is 1.94. The first kappa shape index (κ1) is 21.6. The van der Waals surface area contributed by atoms with Crippen molar-refractivity contribution < 1.29 is 30.7 Å². The lowest BCUT2D eigenvalue weighted by Crippen LogP contribution is -2.21. The summed E-state index contributed by atoms with van der Waals surface area (Å²) >= 11 is 0. The van der Waals surface area contributed by atoms with Crippen molar-refractivity contribution in [3.05, 3.63) is 69.9 Å². The maximum Gasteiger partial charge on any atom is 0.355 e. The van der Waals surface area contributed by atoms with E-state index in [9.17, 15) is 21.6 Å². The highest BCUT2D eigenvalue weighted by Gasteiger charge is 2.27. The third kappa shape index (κ3) is 4.71. The zero-order valence-corrected chi connectivity index (χ0v) is 17.7. The zero-order valence-electron chi connectivity index (χ0n) is 16.1. The molecule has 0 spiro atoms. The molecule has 0 aliphatic rings. The van der Waals surface area contributed by atoms with Crippen LogP contribution in [0.25, 0.3) is 17.0 Å². The normalized spacial score (nSPS) is 12.3. The Kier molecular flexibility index (Phi) is 5.99. The molecule has 0 radical (unpaired) electrons. The van der Waals surface area contributed by atoms with E-state index >= 15 is 0 Å². The molecule has 3 aromatic rings. The summed E-state index contributed by atoms with van der Waals surface area (Å²) in [5.41, 5.74) is -0.489. The van der Waals surface area contributed by atoms with Crippen molar-refractivity contribution in [2.45, 2.75) is 4.90 Å². The second-order valence-corrected chi connectivity index (χ2v) is 10.5. The molecule has 0 bridgehead atoms. The molecule has 158 valence electrons. The van der Waals surface area contributed by atoms with Gasteiger partial charge >= 0.3 is 5.63 Å². The summed E-state index contributed by atoms with van der Waals surface area (Å²) in [5.74, 6) is 0.881. The number of sulfone groups is 2. The van der Waals surface area contributed by atoms with E-state index in [0.29, 0.717) is 11.3 Å². The van der Waals surface area contributed by atoms with Gasteiger partial charge in [-0.25, -0.2) is 21.6 Å². The maximum absolute atomic E-state index is 12.7. The van der Waals surface area contributed by atoms with E-state index in [-0.39, 0.29) is 16.7 Å². The van der Waals surface area contributed by atoms with E-state index in [2.05, 4.69) is 0 Å². The minimum absolute atomic E-state index is 0.126. The molecule has 2 aromatic carbocycles. The van der Waals surface area contributed by atoms with Gasteiger partial charge in [0.15, 0.2) is 29.7 Å². The molecule has 10 heteroatoms. The second kappa shape index (κ2) is 8.33. The quantitative estimate of drug-likeness (QED) is 0.504. The van der Waals surface area contributed by atoms with Gasteiger partial charge < -0.3 is 13.9 Å². The summed E-state index contributed by atoms with van der Waals surface area (Å²) in [5, 5.41) is -0.252. The molecule has 0 atom stereocenters. The summed E-state index contributed by atoms with van der Waals surface area (Å²) < 4.78 is 65.3. The number of hydrogen-bond donors (Lipinski definition) is 0. The Hall–Kier alpha value is -3.11. The number of methoxy groups -OCH3 is 2. The van der Waals surface area contributed by atoms with Crippen LogP contribution in [0.3, 0.4) is 0 Å². The average Bonchev–Trinajstić information content (AvgIpc) is 2.70. The Bertz CT molecular complexity index is 1370. The van der Waals surface area contributed by atoms with Crippen molar-refractivity contribution in [3.8, 4) is 11.5 Å². The summed E-state index contributed by atoms with van der Waals surface area (Å²) in [7, 11) is -5.82. The van der Waals surface area contributed by atoms with Crippen molar-refractivity contribution in [2.24, 2.45) is 0 Å². The smallest absolute Gasteiger partial charge is 0.355 e. The van der Waals surface area contributed by atoms with Crippen LogP contribution < -0.4 is 15.1 Å². The van der Waals surface area contributed by atoms with Gasteiger partial charge in [0.1, 0.15) is 17.1 Å². The summed E-state index contributed by atoms with van der Waals surface area (Å²) in [6.07, 6.45) is 1.26. The van der Waals surface area contributed by atoms with Gasteiger partial charge in [0.25, 0.3) is 0 Å². The lowest BCUT2D eigenvalue weighted by atomic mass is 10.2. The number of rotatable bonds is 7. The average molecular weight is 450 g/mol. The Morgan fingerprint density at radius 2 is 1.67 bits per heavy atom. The van der Waals surface area contributed by atoms with Gasteiger partial charge in [-0.1, -0.05) is 18.2 Å². The SMILES string of the molecule is COc1ccc(/C=C/S(=O)(=O)CS(=O)(=O)c2cc3c(OC)cccc3oc2=O)cc1. The highest BCUT2D eigenvalue weighted by Crippen LogP contribution is 2.26. The van der Waals surface area contributed by atoms with Crippen molar-refractivity contribution in [2.75, 3.05) is 19.3 Å². The van der Waals surface area contributed by atoms with Gasteiger partial charge in [-0.3, -0.25) is 0 Å². The van der Waals surface area contributed by atoms with E-state index in [0.717, 1.165) is 11.5 Å². The predicted octanol–water partition coefficient (Wildman–Crippen LogP) is 2.63. The summed E-state index contributed by atoms with van der Waals surface area (Å²) in [4.78, 5) is 11.4. The third-order valence-corrected chi connectivity index (χ3v) is 8.22. The molecule has 0 N–H and O–H groups in total. The molecule has 30 heavy (non-hydrogen) atoms. The topological polar surface area (TPSA) is 117 Å². The van der Waals surface area contributed by atoms with Crippen LogP contribution in [0.15, 0.2) is 68.0 Å². The Morgan fingerprint density at radius 1 is 0.967 bits per heavy atom.